The first-order valence-corrected chi connectivity index (χ1v) is 13.7. The van der Waals surface area contributed by atoms with Crippen molar-refractivity contribution in [1.29, 1.82) is 0 Å². The largest absolute Gasteiger partial charge is 0.479 e. The number of carbonyl (C=O) groups is 3. The molecule has 0 spiro atoms. The molecule has 2 aliphatic heterocycles. The molecule has 0 aliphatic carbocycles. The molecular formula is C29H36ClN3O7. The van der Waals surface area contributed by atoms with E-state index in [9.17, 15) is 14.4 Å². The predicted octanol–water partition coefficient (Wildman–Crippen LogP) is 4.36. The van der Waals surface area contributed by atoms with E-state index in [1.807, 2.05) is 39.0 Å². The van der Waals surface area contributed by atoms with Gasteiger partial charge in [0.15, 0.2) is 12.2 Å². The zero-order valence-corrected chi connectivity index (χ0v) is 24.5. The number of hydrogen-bond acceptors (Lipinski definition) is 7. The maximum atomic E-state index is 13.9. The third-order valence-corrected chi connectivity index (χ3v) is 7.72. The summed E-state index contributed by atoms with van der Waals surface area (Å²) >= 11 is 6.41. The fourth-order valence-corrected chi connectivity index (χ4v) is 5.28. The SMILES string of the molecule is COCCCN1C(=O)C(C)Oc2cc(C(C)C3Oc4cc(Cl)c(C)cc4N(CCNC(=O)OC)C3=O)c(C)cc21. The number of rotatable bonds is 9. The lowest BCUT2D eigenvalue weighted by molar-refractivity contribution is -0.127. The zero-order chi connectivity index (χ0) is 29.1. The Morgan fingerprint density at radius 2 is 1.65 bits per heavy atom. The van der Waals surface area contributed by atoms with Crippen LogP contribution < -0.4 is 24.6 Å². The van der Waals surface area contributed by atoms with Crippen molar-refractivity contribution >= 4 is 40.9 Å². The molecule has 3 unspecified atom stereocenters. The molecule has 2 aromatic rings. The van der Waals surface area contributed by atoms with Crippen LogP contribution in [0.25, 0.3) is 0 Å². The lowest BCUT2D eigenvalue weighted by atomic mass is 9.89. The Hall–Kier alpha value is -3.50. The van der Waals surface area contributed by atoms with Gasteiger partial charge in [-0.1, -0.05) is 18.5 Å². The van der Waals surface area contributed by atoms with E-state index in [4.69, 9.17) is 25.8 Å². The normalized spacial score (nSPS) is 18.9. The van der Waals surface area contributed by atoms with E-state index in [0.717, 1.165) is 16.7 Å². The maximum absolute atomic E-state index is 13.9. The van der Waals surface area contributed by atoms with Crippen LogP contribution in [0.3, 0.4) is 0 Å². The molecule has 216 valence electrons. The van der Waals surface area contributed by atoms with Gasteiger partial charge in [0.25, 0.3) is 11.8 Å². The van der Waals surface area contributed by atoms with Crippen LogP contribution in [0, 0.1) is 13.8 Å². The molecule has 0 saturated heterocycles. The zero-order valence-electron chi connectivity index (χ0n) is 23.7. The van der Waals surface area contributed by atoms with Crippen molar-refractivity contribution in [1.82, 2.24) is 5.32 Å². The maximum Gasteiger partial charge on any atom is 0.406 e. The van der Waals surface area contributed by atoms with Gasteiger partial charge in [0.2, 0.25) is 0 Å². The molecule has 2 aliphatic rings. The lowest BCUT2D eigenvalue weighted by Gasteiger charge is -2.38. The number of methoxy groups -OCH3 is 2. The molecule has 2 heterocycles. The van der Waals surface area contributed by atoms with Gasteiger partial charge in [-0.2, -0.15) is 0 Å². The number of amides is 3. The minimum Gasteiger partial charge on any atom is -0.479 e. The Kier molecular flexibility index (Phi) is 9.10. The highest BCUT2D eigenvalue weighted by Crippen LogP contribution is 2.43. The van der Waals surface area contributed by atoms with E-state index < -0.39 is 18.3 Å². The molecule has 3 atom stereocenters. The van der Waals surface area contributed by atoms with Crippen molar-refractivity contribution in [3.63, 3.8) is 0 Å². The lowest BCUT2D eigenvalue weighted by Crippen LogP contribution is -2.50. The van der Waals surface area contributed by atoms with Crippen molar-refractivity contribution in [2.75, 3.05) is 50.3 Å². The number of nitrogens with one attached hydrogen (secondary N) is 1. The Morgan fingerprint density at radius 1 is 1.00 bits per heavy atom. The first kappa shape index (κ1) is 29.5. The van der Waals surface area contributed by atoms with Crippen molar-refractivity contribution < 1.29 is 33.3 Å². The summed E-state index contributed by atoms with van der Waals surface area (Å²) in [6.45, 7) is 8.92. The third-order valence-electron chi connectivity index (χ3n) is 7.32. The standard InChI is InChI=1S/C29H36ClN3O7/c1-16-12-22-24(39-19(4)27(34)32(22)9-7-11-37-5)14-20(16)18(3)26-28(35)33(10-8-31-29(36)38-6)23-13-17(2)21(30)15-25(23)40-26/h12-15,18-19,26H,7-11H2,1-6H3,(H,31,36). The highest BCUT2D eigenvalue weighted by atomic mass is 35.5. The number of nitrogens with zero attached hydrogens (tertiary/aromatic N) is 2. The molecule has 1 N–H and O–H groups in total. The van der Waals surface area contributed by atoms with Gasteiger partial charge in [0, 0.05) is 50.4 Å². The fraction of sp³-hybridized carbons (Fsp3) is 0.483. The molecule has 0 fully saturated rings. The molecule has 11 heteroatoms. The van der Waals surface area contributed by atoms with Crippen LogP contribution in [0.1, 0.15) is 42.9 Å². The van der Waals surface area contributed by atoms with E-state index in [1.165, 1.54) is 7.11 Å². The summed E-state index contributed by atoms with van der Waals surface area (Å²) < 4.78 is 22.1. The van der Waals surface area contributed by atoms with Crippen molar-refractivity contribution in [2.45, 2.75) is 52.2 Å². The van der Waals surface area contributed by atoms with E-state index in [2.05, 4.69) is 10.1 Å². The quantitative estimate of drug-likeness (QED) is 0.444. The molecule has 2 aromatic carbocycles. The smallest absolute Gasteiger partial charge is 0.406 e. The van der Waals surface area contributed by atoms with Crippen molar-refractivity contribution in [2.24, 2.45) is 0 Å². The summed E-state index contributed by atoms with van der Waals surface area (Å²) in [4.78, 5) is 41.7. The highest BCUT2D eigenvalue weighted by Gasteiger charge is 2.40. The summed E-state index contributed by atoms with van der Waals surface area (Å²) in [6, 6.07) is 7.35. The van der Waals surface area contributed by atoms with Gasteiger partial charge in [0.05, 0.1) is 18.5 Å². The third kappa shape index (κ3) is 5.83. The topological polar surface area (TPSA) is 107 Å². The number of hydrogen-bond donors (Lipinski definition) is 1. The number of anilines is 2. The molecule has 3 amide bonds. The van der Waals surface area contributed by atoms with Gasteiger partial charge in [-0.25, -0.2) is 4.79 Å². The van der Waals surface area contributed by atoms with Gasteiger partial charge in [0.1, 0.15) is 11.5 Å². The first-order chi connectivity index (χ1) is 19.1. The van der Waals surface area contributed by atoms with Crippen LogP contribution in [0.4, 0.5) is 16.2 Å². The molecule has 4 rings (SSSR count). The fourth-order valence-electron chi connectivity index (χ4n) is 5.13. The molecule has 0 radical (unpaired) electrons. The number of benzene rings is 2. The number of aryl methyl sites for hydroxylation is 2. The Labute approximate surface area is 239 Å². The van der Waals surface area contributed by atoms with Crippen LogP contribution in [0.5, 0.6) is 11.5 Å². The van der Waals surface area contributed by atoms with E-state index in [-0.39, 0.29) is 30.8 Å². The number of ether oxygens (including phenoxy) is 4. The van der Waals surface area contributed by atoms with Crippen LogP contribution in [0.2, 0.25) is 5.02 Å². The molecule has 0 aromatic heterocycles. The van der Waals surface area contributed by atoms with Crippen LogP contribution in [-0.2, 0) is 19.1 Å². The van der Waals surface area contributed by atoms with Crippen LogP contribution in [0.15, 0.2) is 24.3 Å². The second-order valence-corrected chi connectivity index (χ2v) is 10.5. The van der Waals surface area contributed by atoms with Gasteiger partial charge < -0.3 is 34.1 Å². The van der Waals surface area contributed by atoms with Crippen molar-refractivity contribution in [3.8, 4) is 11.5 Å². The first-order valence-electron chi connectivity index (χ1n) is 13.3. The highest BCUT2D eigenvalue weighted by molar-refractivity contribution is 6.31. The summed E-state index contributed by atoms with van der Waals surface area (Å²) in [7, 11) is 2.92. The number of fused-ring (bicyclic) bond motifs is 2. The van der Waals surface area contributed by atoms with Gasteiger partial charge in [-0.3, -0.25) is 9.59 Å². The average Bonchev–Trinajstić information content (AvgIpc) is 2.92. The summed E-state index contributed by atoms with van der Waals surface area (Å²) in [5.74, 6) is 0.352. The van der Waals surface area contributed by atoms with Gasteiger partial charge in [-0.15, -0.1) is 0 Å². The number of halogens is 1. The van der Waals surface area contributed by atoms with E-state index in [1.54, 1.807) is 29.9 Å². The molecule has 40 heavy (non-hydrogen) atoms. The second-order valence-electron chi connectivity index (χ2n) is 10.1. The predicted molar refractivity (Wildman–Crippen MR) is 152 cm³/mol. The molecule has 0 bridgehead atoms. The van der Waals surface area contributed by atoms with Crippen LogP contribution in [-0.4, -0.2) is 70.6 Å². The number of carbonyl (C=O) groups excluding carboxylic acids is 3. The number of alkyl carbamates (subject to hydrolysis) is 1. The van der Waals surface area contributed by atoms with E-state index in [0.29, 0.717) is 47.5 Å². The molecule has 0 saturated carbocycles. The molecular weight excluding hydrogens is 538 g/mol. The van der Waals surface area contributed by atoms with E-state index >= 15 is 0 Å². The van der Waals surface area contributed by atoms with Gasteiger partial charge in [-0.05, 0) is 62.1 Å². The Balaban J connectivity index is 1.66. The minimum atomic E-state index is -0.860. The molecule has 10 nitrogen and oxygen atoms in total. The summed E-state index contributed by atoms with van der Waals surface area (Å²) in [6.07, 6.45) is -1.38. The Morgan fingerprint density at radius 3 is 2.33 bits per heavy atom. The summed E-state index contributed by atoms with van der Waals surface area (Å²) in [5, 5.41) is 3.15. The Bertz CT molecular complexity index is 1300. The average molecular weight is 574 g/mol. The second kappa shape index (κ2) is 12.3. The van der Waals surface area contributed by atoms with Crippen LogP contribution >= 0.6 is 11.6 Å². The van der Waals surface area contributed by atoms with Crippen molar-refractivity contribution in [3.05, 3.63) is 46.0 Å². The monoisotopic (exact) mass is 573 g/mol. The van der Waals surface area contributed by atoms with Gasteiger partial charge >= 0.3 is 6.09 Å². The summed E-state index contributed by atoms with van der Waals surface area (Å²) in [5.41, 5.74) is 3.86. The minimum absolute atomic E-state index is 0.102.